The number of aromatic hydroxyl groups is 2. The summed E-state index contributed by atoms with van der Waals surface area (Å²) in [5, 5.41) is 22.3. The first kappa shape index (κ1) is 19.4. The van der Waals surface area contributed by atoms with Gasteiger partial charge in [0.05, 0.1) is 33.8 Å². The highest BCUT2D eigenvalue weighted by atomic mass is 16.3. The first-order valence-electron chi connectivity index (χ1n) is 10.0. The first-order valence-corrected chi connectivity index (χ1v) is 10.0. The fraction of sp³-hybridized carbons (Fsp3) is 0. The Hall–Kier alpha value is -4.58. The van der Waals surface area contributed by atoms with Crippen LogP contribution in [0.1, 0.15) is 31.8 Å². The Balaban J connectivity index is 1.73. The second kappa shape index (κ2) is 7.59. The molecule has 3 N–H and O–H groups in total. The van der Waals surface area contributed by atoms with Crippen molar-refractivity contribution in [1.82, 2.24) is 0 Å². The van der Waals surface area contributed by atoms with Crippen LogP contribution >= 0.6 is 0 Å². The van der Waals surface area contributed by atoms with Gasteiger partial charge in [-0.05, 0) is 42.5 Å². The van der Waals surface area contributed by atoms with Crippen molar-refractivity contribution in [1.29, 1.82) is 0 Å². The fourth-order valence-corrected chi connectivity index (χ4v) is 3.94. The van der Waals surface area contributed by atoms with Gasteiger partial charge in [-0.15, -0.1) is 0 Å². The van der Waals surface area contributed by atoms with Gasteiger partial charge in [0.25, 0.3) is 0 Å². The first-order chi connectivity index (χ1) is 15.6. The number of nitrogens with zero attached hydrogens (tertiary/aromatic N) is 1. The molecule has 1 aliphatic rings. The molecule has 0 unspecified atom stereocenters. The number of benzene rings is 4. The van der Waals surface area contributed by atoms with Gasteiger partial charge in [-0.25, -0.2) is 0 Å². The summed E-state index contributed by atoms with van der Waals surface area (Å²) in [6.07, 6.45) is 0. The Labute approximate surface area is 184 Å². The number of fused-ring (bicyclic) bond motifs is 2. The van der Waals surface area contributed by atoms with Crippen LogP contribution in [-0.4, -0.2) is 21.8 Å². The van der Waals surface area contributed by atoms with Crippen LogP contribution in [0.5, 0.6) is 11.5 Å². The van der Waals surface area contributed by atoms with E-state index in [4.69, 9.17) is 0 Å². The molecular formula is C26H18N2O4. The van der Waals surface area contributed by atoms with Gasteiger partial charge in [-0.3, -0.25) is 20.0 Å². The summed E-state index contributed by atoms with van der Waals surface area (Å²) in [5.41, 5.74) is 5.23. The van der Waals surface area contributed by atoms with Crippen molar-refractivity contribution in [2.24, 2.45) is 0 Å². The topological polar surface area (TPSA) is 89.9 Å². The number of hydrogen-bond donors (Lipinski definition) is 3. The molecule has 4 aromatic carbocycles. The van der Waals surface area contributed by atoms with Crippen LogP contribution in [0.4, 0.5) is 17.1 Å². The lowest BCUT2D eigenvalue weighted by Gasteiger charge is -2.30. The number of rotatable bonds is 4. The molecule has 4 aromatic rings. The zero-order valence-electron chi connectivity index (χ0n) is 16.8. The molecule has 0 saturated heterocycles. The molecule has 0 atom stereocenters. The summed E-state index contributed by atoms with van der Waals surface area (Å²) >= 11 is 0. The maximum atomic E-state index is 13.6. The van der Waals surface area contributed by atoms with E-state index in [9.17, 15) is 19.8 Å². The SMILES string of the molecule is O=C1c2cccc(N(Nc3ccccc3)c3ccccc3)c2C(=O)c2c(O)ccc(O)c21. The minimum absolute atomic E-state index is 0.151. The highest BCUT2D eigenvalue weighted by Crippen LogP contribution is 2.41. The van der Waals surface area contributed by atoms with E-state index < -0.39 is 11.6 Å². The minimum atomic E-state index is -0.533. The molecule has 0 heterocycles. The lowest BCUT2D eigenvalue weighted by Crippen LogP contribution is -2.29. The predicted octanol–water partition coefficient (Wildman–Crippen LogP) is 5.04. The Morgan fingerprint density at radius 2 is 1.19 bits per heavy atom. The second-order valence-electron chi connectivity index (χ2n) is 7.36. The number of hydrazine groups is 1. The van der Waals surface area contributed by atoms with Crippen LogP contribution in [0.15, 0.2) is 91.0 Å². The molecular weight excluding hydrogens is 404 g/mol. The van der Waals surface area contributed by atoms with Gasteiger partial charge >= 0.3 is 0 Å². The summed E-state index contributed by atoms with van der Waals surface area (Å²) in [6, 6.07) is 26.2. The number of phenolic OH excluding ortho intramolecular Hbond substituents is 2. The molecule has 0 radical (unpaired) electrons. The fourth-order valence-electron chi connectivity index (χ4n) is 3.94. The number of para-hydroxylation sites is 2. The average molecular weight is 422 g/mol. The third-order valence-electron chi connectivity index (χ3n) is 5.40. The van der Waals surface area contributed by atoms with Crippen LogP contribution in [0, 0.1) is 0 Å². The van der Waals surface area contributed by atoms with Gasteiger partial charge < -0.3 is 10.2 Å². The van der Waals surface area contributed by atoms with Gasteiger partial charge in [0.15, 0.2) is 5.78 Å². The highest BCUT2D eigenvalue weighted by molar-refractivity contribution is 6.32. The zero-order chi connectivity index (χ0) is 22.2. The molecule has 0 spiro atoms. The number of hydrogen-bond acceptors (Lipinski definition) is 6. The van der Waals surface area contributed by atoms with E-state index in [1.807, 2.05) is 60.7 Å². The van der Waals surface area contributed by atoms with E-state index in [0.717, 1.165) is 11.4 Å². The van der Waals surface area contributed by atoms with E-state index in [2.05, 4.69) is 5.43 Å². The van der Waals surface area contributed by atoms with Crippen molar-refractivity contribution in [3.8, 4) is 11.5 Å². The molecule has 0 amide bonds. The summed E-state index contributed by atoms with van der Waals surface area (Å²) < 4.78 is 0. The van der Waals surface area contributed by atoms with Crippen LogP contribution in [0.3, 0.4) is 0 Å². The molecule has 156 valence electrons. The Morgan fingerprint density at radius 1 is 0.594 bits per heavy atom. The maximum Gasteiger partial charge on any atom is 0.200 e. The largest absolute Gasteiger partial charge is 0.507 e. The van der Waals surface area contributed by atoms with Crippen molar-refractivity contribution in [3.05, 3.63) is 113 Å². The molecule has 6 heteroatoms. The molecule has 6 nitrogen and oxygen atoms in total. The number of nitrogens with one attached hydrogen (secondary N) is 1. The monoisotopic (exact) mass is 422 g/mol. The van der Waals surface area contributed by atoms with Crippen LogP contribution < -0.4 is 10.4 Å². The van der Waals surface area contributed by atoms with Gasteiger partial charge in [0.2, 0.25) is 5.78 Å². The lowest BCUT2D eigenvalue weighted by atomic mass is 9.82. The molecule has 0 fully saturated rings. The Kier molecular flexibility index (Phi) is 4.60. The van der Waals surface area contributed by atoms with Crippen molar-refractivity contribution < 1.29 is 19.8 Å². The van der Waals surface area contributed by atoms with Crippen LogP contribution in [0.2, 0.25) is 0 Å². The van der Waals surface area contributed by atoms with E-state index in [-0.39, 0.29) is 33.8 Å². The molecule has 0 aromatic heterocycles. The Bertz CT molecular complexity index is 1350. The molecule has 5 rings (SSSR count). The summed E-state index contributed by atoms with van der Waals surface area (Å²) in [4.78, 5) is 26.8. The third kappa shape index (κ3) is 3.06. The summed E-state index contributed by atoms with van der Waals surface area (Å²) in [7, 11) is 0. The number of anilines is 3. The summed E-state index contributed by atoms with van der Waals surface area (Å²) in [5.74, 6) is -1.74. The Morgan fingerprint density at radius 3 is 1.84 bits per heavy atom. The second-order valence-corrected chi connectivity index (χ2v) is 7.36. The van der Waals surface area contributed by atoms with Crippen molar-refractivity contribution >= 4 is 28.6 Å². The minimum Gasteiger partial charge on any atom is -0.507 e. The maximum absolute atomic E-state index is 13.6. The van der Waals surface area contributed by atoms with Crippen molar-refractivity contribution in [2.45, 2.75) is 0 Å². The van der Waals surface area contributed by atoms with Crippen molar-refractivity contribution in [3.63, 3.8) is 0 Å². The highest BCUT2D eigenvalue weighted by Gasteiger charge is 2.37. The molecule has 32 heavy (non-hydrogen) atoms. The van der Waals surface area contributed by atoms with Gasteiger partial charge in [-0.1, -0.05) is 48.5 Å². The molecule has 0 bridgehead atoms. The third-order valence-corrected chi connectivity index (χ3v) is 5.40. The van der Waals surface area contributed by atoms with E-state index in [1.165, 1.54) is 12.1 Å². The number of carbonyl (C=O) groups excluding carboxylic acids is 2. The smallest absolute Gasteiger partial charge is 0.200 e. The van der Waals surface area contributed by atoms with E-state index in [0.29, 0.717) is 5.69 Å². The predicted molar refractivity (Wildman–Crippen MR) is 122 cm³/mol. The average Bonchev–Trinajstić information content (AvgIpc) is 2.83. The van der Waals surface area contributed by atoms with E-state index >= 15 is 0 Å². The standard InChI is InChI=1S/C26H18N2O4/c29-20-14-15-21(30)24-23(20)25(31)18-12-7-13-19(22(18)26(24)32)28(17-10-5-2-6-11-17)27-16-8-3-1-4-9-16/h1-15,27,29-30H. The number of ketones is 2. The van der Waals surface area contributed by atoms with E-state index in [1.54, 1.807) is 23.2 Å². The van der Waals surface area contributed by atoms with Gasteiger partial charge in [0.1, 0.15) is 11.5 Å². The van der Waals surface area contributed by atoms with Crippen LogP contribution in [-0.2, 0) is 0 Å². The van der Waals surface area contributed by atoms with Gasteiger partial charge in [0, 0.05) is 5.56 Å². The van der Waals surface area contributed by atoms with Gasteiger partial charge in [-0.2, -0.15) is 0 Å². The molecule has 0 aliphatic heterocycles. The summed E-state index contributed by atoms with van der Waals surface area (Å²) in [6.45, 7) is 0. The van der Waals surface area contributed by atoms with Crippen molar-refractivity contribution in [2.75, 3.05) is 10.4 Å². The molecule has 0 saturated carbocycles. The lowest BCUT2D eigenvalue weighted by molar-refractivity contribution is 0.0974. The number of carbonyl (C=O) groups is 2. The molecule has 1 aliphatic carbocycles. The zero-order valence-corrected chi connectivity index (χ0v) is 16.8. The normalized spacial score (nSPS) is 12.1. The quantitative estimate of drug-likeness (QED) is 0.278. The number of phenols is 2. The van der Waals surface area contributed by atoms with Crippen LogP contribution in [0.25, 0.3) is 0 Å².